The highest BCUT2D eigenvalue weighted by Crippen LogP contribution is 2.23. The fourth-order valence-corrected chi connectivity index (χ4v) is 4.97. The Balaban J connectivity index is 2.01. The third-order valence-corrected chi connectivity index (χ3v) is 7.33. The second kappa shape index (κ2) is 13.8. The molecule has 0 aromatic heterocycles. The summed E-state index contributed by atoms with van der Waals surface area (Å²) in [7, 11) is -2.30. The molecule has 0 aliphatic carbocycles. The average Bonchev–Trinajstić information content (AvgIpc) is 2.92. The summed E-state index contributed by atoms with van der Waals surface area (Å²) in [6.45, 7) is 4.14. The number of ether oxygens (including phenoxy) is 1. The zero-order valence-corrected chi connectivity index (χ0v) is 23.7. The molecule has 3 aromatic carbocycles. The second-order valence-electron chi connectivity index (χ2n) is 9.82. The van der Waals surface area contributed by atoms with Crippen molar-refractivity contribution in [3.05, 3.63) is 96.1 Å². The van der Waals surface area contributed by atoms with Gasteiger partial charge < -0.3 is 15.0 Å². The number of carbonyl (C=O) groups is 2. The lowest BCUT2D eigenvalue weighted by Gasteiger charge is -2.33. The van der Waals surface area contributed by atoms with Crippen LogP contribution in [0.15, 0.2) is 84.9 Å². The minimum absolute atomic E-state index is 0.145. The number of benzene rings is 3. The van der Waals surface area contributed by atoms with Crippen LogP contribution in [0.25, 0.3) is 0 Å². The van der Waals surface area contributed by atoms with E-state index >= 15 is 0 Å². The monoisotopic (exact) mass is 551 g/mol. The van der Waals surface area contributed by atoms with Crippen molar-refractivity contribution in [1.82, 2.24) is 10.2 Å². The summed E-state index contributed by atoms with van der Waals surface area (Å²) in [5, 5.41) is 2.97. The summed E-state index contributed by atoms with van der Waals surface area (Å²) in [4.78, 5) is 29.0. The maximum absolute atomic E-state index is 14.0. The van der Waals surface area contributed by atoms with E-state index in [4.69, 9.17) is 4.74 Å². The van der Waals surface area contributed by atoms with Crippen molar-refractivity contribution >= 4 is 27.5 Å². The number of rotatable bonds is 13. The molecule has 9 heteroatoms. The topological polar surface area (TPSA) is 96.0 Å². The van der Waals surface area contributed by atoms with Gasteiger partial charge in [-0.25, -0.2) is 8.42 Å². The third kappa shape index (κ3) is 8.85. The minimum Gasteiger partial charge on any atom is -0.497 e. The van der Waals surface area contributed by atoms with E-state index in [2.05, 4.69) is 5.32 Å². The van der Waals surface area contributed by atoms with Crippen molar-refractivity contribution in [2.45, 2.75) is 32.9 Å². The molecule has 3 aromatic rings. The van der Waals surface area contributed by atoms with Crippen molar-refractivity contribution in [2.24, 2.45) is 5.92 Å². The van der Waals surface area contributed by atoms with Crippen molar-refractivity contribution in [1.29, 1.82) is 0 Å². The van der Waals surface area contributed by atoms with Gasteiger partial charge in [0.15, 0.2) is 0 Å². The lowest BCUT2D eigenvalue weighted by molar-refractivity contribution is -0.140. The molecule has 1 atom stereocenters. The second-order valence-corrected chi connectivity index (χ2v) is 11.7. The first-order chi connectivity index (χ1) is 18.6. The lowest BCUT2D eigenvalue weighted by Crippen LogP contribution is -2.53. The van der Waals surface area contributed by atoms with Gasteiger partial charge in [0.05, 0.1) is 19.1 Å². The molecule has 0 aliphatic heterocycles. The van der Waals surface area contributed by atoms with Crippen molar-refractivity contribution < 1.29 is 22.7 Å². The highest BCUT2D eigenvalue weighted by atomic mass is 32.2. The normalized spacial score (nSPS) is 12.0. The van der Waals surface area contributed by atoms with Gasteiger partial charge >= 0.3 is 0 Å². The van der Waals surface area contributed by atoms with Crippen LogP contribution in [0, 0.1) is 5.92 Å². The van der Waals surface area contributed by atoms with Gasteiger partial charge in [-0.15, -0.1) is 0 Å². The molecule has 208 valence electrons. The first-order valence-electron chi connectivity index (χ1n) is 12.8. The fraction of sp³-hybridized carbons (Fsp3) is 0.333. The Hall–Kier alpha value is -3.85. The van der Waals surface area contributed by atoms with Crippen LogP contribution in [-0.2, 0) is 32.6 Å². The number of hydrogen-bond donors (Lipinski definition) is 1. The molecule has 8 nitrogen and oxygen atoms in total. The first-order valence-corrected chi connectivity index (χ1v) is 14.7. The van der Waals surface area contributed by atoms with E-state index in [-0.39, 0.29) is 24.8 Å². The number of sulfonamides is 1. The third-order valence-electron chi connectivity index (χ3n) is 6.19. The van der Waals surface area contributed by atoms with Gasteiger partial charge in [0.25, 0.3) is 0 Å². The van der Waals surface area contributed by atoms with Gasteiger partial charge in [0.1, 0.15) is 18.3 Å². The lowest BCUT2D eigenvalue weighted by atomic mass is 10.0. The van der Waals surface area contributed by atoms with E-state index in [0.717, 1.165) is 21.7 Å². The van der Waals surface area contributed by atoms with Crippen LogP contribution >= 0.6 is 0 Å². The number of carbonyl (C=O) groups excluding carboxylic acids is 2. The number of amides is 2. The summed E-state index contributed by atoms with van der Waals surface area (Å²) in [6.07, 6.45) is 1.34. The Kier molecular flexibility index (Phi) is 10.5. The van der Waals surface area contributed by atoms with E-state index < -0.39 is 28.5 Å². The van der Waals surface area contributed by atoms with Crippen LogP contribution in [0.4, 0.5) is 5.69 Å². The molecule has 0 fully saturated rings. The Morgan fingerprint density at radius 2 is 1.44 bits per heavy atom. The van der Waals surface area contributed by atoms with Crippen LogP contribution in [0.5, 0.6) is 5.75 Å². The Morgan fingerprint density at radius 3 is 1.95 bits per heavy atom. The van der Waals surface area contributed by atoms with Crippen molar-refractivity contribution in [3.63, 3.8) is 0 Å². The first kappa shape index (κ1) is 29.7. The van der Waals surface area contributed by atoms with Gasteiger partial charge in [0, 0.05) is 19.5 Å². The molecule has 0 saturated heterocycles. The molecule has 2 amide bonds. The summed E-state index contributed by atoms with van der Waals surface area (Å²) in [5.74, 6) is 0.0160. The maximum atomic E-state index is 14.0. The highest BCUT2D eigenvalue weighted by Gasteiger charge is 2.33. The predicted octanol–water partition coefficient (Wildman–Crippen LogP) is 3.87. The zero-order valence-electron chi connectivity index (χ0n) is 22.9. The molecule has 0 radical (unpaired) electrons. The van der Waals surface area contributed by atoms with Crippen molar-refractivity contribution in [2.75, 3.05) is 30.8 Å². The minimum atomic E-state index is -3.82. The van der Waals surface area contributed by atoms with Crippen LogP contribution < -0.4 is 14.4 Å². The molecule has 0 saturated carbocycles. The fourth-order valence-electron chi connectivity index (χ4n) is 4.12. The van der Waals surface area contributed by atoms with Crippen molar-refractivity contribution in [3.8, 4) is 5.75 Å². The quantitative estimate of drug-likeness (QED) is 0.348. The number of methoxy groups -OCH3 is 1. The Labute approximate surface area is 231 Å². The Morgan fingerprint density at radius 1 is 0.872 bits per heavy atom. The van der Waals surface area contributed by atoms with E-state index in [0.29, 0.717) is 18.0 Å². The summed E-state index contributed by atoms with van der Waals surface area (Å²) >= 11 is 0. The number of nitrogens with one attached hydrogen (secondary N) is 1. The molecule has 0 bridgehead atoms. The van der Waals surface area contributed by atoms with Gasteiger partial charge in [-0.2, -0.15) is 0 Å². The van der Waals surface area contributed by atoms with E-state index in [1.54, 1.807) is 24.3 Å². The van der Waals surface area contributed by atoms with Gasteiger partial charge in [-0.3, -0.25) is 13.9 Å². The predicted molar refractivity (Wildman–Crippen MR) is 154 cm³/mol. The SMILES string of the molecule is COc1ccc(N(CC(=O)N(Cc2ccccc2)C(Cc2ccccc2)C(=O)NCC(C)C)S(C)(=O)=O)cc1. The number of anilines is 1. The zero-order chi connectivity index (χ0) is 28.4. The van der Waals surface area contributed by atoms with Crippen LogP contribution in [0.1, 0.15) is 25.0 Å². The standard InChI is InChI=1S/C30H37N3O5S/c1-23(2)20-31-30(35)28(19-24-11-7-5-8-12-24)32(21-25-13-9-6-10-14-25)29(34)22-33(39(4,36)37)26-15-17-27(38-3)18-16-26/h5-18,23,28H,19-22H2,1-4H3,(H,31,35). The molecule has 39 heavy (non-hydrogen) atoms. The summed E-state index contributed by atoms with van der Waals surface area (Å²) in [6, 6.07) is 24.4. The van der Waals surface area contributed by atoms with Crippen LogP contribution in [0.2, 0.25) is 0 Å². The average molecular weight is 552 g/mol. The van der Waals surface area contributed by atoms with Gasteiger partial charge in [-0.05, 0) is 41.3 Å². The number of hydrogen-bond acceptors (Lipinski definition) is 5. The number of nitrogens with zero attached hydrogens (tertiary/aromatic N) is 2. The van der Waals surface area contributed by atoms with E-state index in [1.165, 1.54) is 12.0 Å². The summed E-state index contributed by atoms with van der Waals surface area (Å²) < 4.78 is 31.9. The van der Waals surface area contributed by atoms with Gasteiger partial charge in [-0.1, -0.05) is 74.5 Å². The van der Waals surface area contributed by atoms with E-state index in [9.17, 15) is 18.0 Å². The molecule has 0 spiro atoms. The molecular weight excluding hydrogens is 514 g/mol. The molecule has 1 unspecified atom stereocenters. The Bertz CT molecular complexity index is 1310. The largest absolute Gasteiger partial charge is 0.497 e. The molecule has 3 rings (SSSR count). The molecular formula is C30H37N3O5S. The molecule has 1 N–H and O–H groups in total. The van der Waals surface area contributed by atoms with Crippen LogP contribution in [-0.4, -0.2) is 57.6 Å². The smallest absolute Gasteiger partial charge is 0.244 e. The van der Waals surface area contributed by atoms with E-state index in [1.807, 2.05) is 74.5 Å². The summed E-state index contributed by atoms with van der Waals surface area (Å²) in [5.41, 5.74) is 2.05. The maximum Gasteiger partial charge on any atom is 0.244 e. The molecule has 0 heterocycles. The molecule has 0 aliphatic rings. The van der Waals surface area contributed by atoms with Gasteiger partial charge in [0.2, 0.25) is 21.8 Å². The van der Waals surface area contributed by atoms with Crippen LogP contribution in [0.3, 0.4) is 0 Å². The highest BCUT2D eigenvalue weighted by molar-refractivity contribution is 7.92.